The van der Waals surface area contributed by atoms with Crippen molar-refractivity contribution < 1.29 is 23.8 Å². The summed E-state index contributed by atoms with van der Waals surface area (Å²) in [5.74, 6) is 1.92. The molecule has 0 aliphatic heterocycles. The van der Waals surface area contributed by atoms with E-state index >= 15 is 0 Å². The van der Waals surface area contributed by atoms with Crippen LogP contribution in [-0.4, -0.2) is 57.7 Å². The van der Waals surface area contributed by atoms with Crippen molar-refractivity contribution >= 4 is 29.3 Å². The Kier molecular flexibility index (Phi) is 12.0. The SMILES string of the molecule is COc1cc2c(c(OC)c1OC)-c1ccc(NC(CCSC)C(=O)NCCC3=CCCCC3)c(=O)cc1C(NC(C)=O)CC2. The van der Waals surface area contributed by atoms with Crippen LogP contribution < -0.4 is 35.6 Å². The fourth-order valence-corrected chi connectivity index (χ4v) is 6.59. The van der Waals surface area contributed by atoms with E-state index in [4.69, 9.17) is 14.2 Å². The topological polar surface area (TPSA) is 115 Å². The van der Waals surface area contributed by atoms with Crippen LogP contribution >= 0.6 is 11.8 Å². The highest BCUT2D eigenvalue weighted by Crippen LogP contribution is 2.50. The van der Waals surface area contributed by atoms with Crippen LogP contribution in [0.25, 0.3) is 11.1 Å². The zero-order valence-corrected chi connectivity index (χ0v) is 27.3. The molecule has 2 unspecified atom stereocenters. The molecule has 4 rings (SSSR count). The summed E-state index contributed by atoms with van der Waals surface area (Å²) in [6.45, 7) is 2.04. The van der Waals surface area contributed by atoms with Crippen molar-refractivity contribution in [2.24, 2.45) is 0 Å². The molecule has 2 aromatic rings. The molecule has 0 aromatic heterocycles. The number of carbonyl (C=O) groups is 2. The Morgan fingerprint density at radius 1 is 1.05 bits per heavy atom. The zero-order chi connectivity index (χ0) is 31.6. The third-order valence-corrected chi connectivity index (χ3v) is 8.95. The van der Waals surface area contributed by atoms with E-state index in [9.17, 15) is 14.4 Å². The largest absolute Gasteiger partial charge is 0.493 e. The van der Waals surface area contributed by atoms with Gasteiger partial charge in [-0.05, 0) is 98.3 Å². The van der Waals surface area contributed by atoms with Crippen molar-refractivity contribution in [3.05, 3.63) is 57.3 Å². The Hall–Kier alpha value is -3.66. The fraction of sp³-hybridized carbons (Fsp3) is 0.500. The van der Waals surface area contributed by atoms with Gasteiger partial charge in [0.05, 0.1) is 33.1 Å². The molecule has 9 nitrogen and oxygen atoms in total. The number of allylic oxidation sites excluding steroid dienone is 1. The van der Waals surface area contributed by atoms with E-state index in [1.165, 1.54) is 25.3 Å². The average Bonchev–Trinajstić information content (AvgIpc) is 3.26. The third kappa shape index (κ3) is 7.88. The fourth-order valence-electron chi connectivity index (χ4n) is 6.12. The molecule has 2 aliphatic rings. The lowest BCUT2D eigenvalue weighted by Crippen LogP contribution is -2.41. The summed E-state index contributed by atoms with van der Waals surface area (Å²) in [5.41, 5.74) is 4.60. The zero-order valence-electron chi connectivity index (χ0n) is 26.5. The number of anilines is 1. The van der Waals surface area contributed by atoms with Crippen molar-refractivity contribution in [1.29, 1.82) is 0 Å². The molecule has 3 N–H and O–H groups in total. The first-order valence-corrected chi connectivity index (χ1v) is 16.7. The summed E-state index contributed by atoms with van der Waals surface area (Å²) >= 11 is 1.65. The summed E-state index contributed by atoms with van der Waals surface area (Å²) in [6, 6.07) is 6.11. The number of fused-ring (bicyclic) bond motifs is 3. The first kappa shape index (κ1) is 33.2. The van der Waals surface area contributed by atoms with Gasteiger partial charge >= 0.3 is 0 Å². The van der Waals surface area contributed by atoms with Crippen LogP contribution in [-0.2, 0) is 16.0 Å². The third-order valence-electron chi connectivity index (χ3n) is 8.30. The van der Waals surface area contributed by atoms with Crippen LogP contribution in [0.15, 0.2) is 40.7 Å². The number of hydrogen-bond acceptors (Lipinski definition) is 8. The molecule has 2 aliphatic carbocycles. The predicted octanol–water partition coefficient (Wildman–Crippen LogP) is 5.40. The molecule has 2 aromatic carbocycles. The lowest BCUT2D eigenvalue weighted by Gasteiger charge is -2.19. The Balaban J connectivity index is 1.73. The minimum absolute atomic E-state index is 0.122. The second-order valence-corrected chi connectivity index (χ2v) is 12.2. The van der Waals surface area contributed by atoms with Crippen molar-refractivity contribution in [3.63, 3.8) is 0 Å². The van der Waals surface area contributed by atoms with Gasteiger partial charge in [0.25, 0.3) is 0 Å². The second kappa shape index (κ2) is 15.9. The maximum atomic E-state index is 13.8. The number of amides is 2. The lowest BCUT2D eigenvalue weighted by molar-refractivity contribution is -0.122. The molecule has 2 amide bonds. The van der Waals surface area contributed by atoms with Gasteiger partial charge in [0.1, 0.15) is 6.04 Å². The van der Waals surface area contributed by atoms with Crippen LogP contribution in [0.4, 0.5) is 5.69 Å². The Morgan fingerprint density at radius 3 is 2.50 bits per heavy atom. The maximum absolute atomic E-state index is 13.8. The highest BCUT2D eigenvalue weighted by Gasteiger charge is 2.30. The van der Waals surface area contributed by atoms with Crippen molar-refractivity contribution in [1.82, 2.24) is 10.6 Å². The van der Waals surface area contributed by atoms with Gasteiger partial charge in [-0.3, -0.25) is 14.4 Å². The van der Waals surface area contributed by atoms with Gasteiger partial charge in [0, 0.05) is 19.0 Å². The number of aryl methyl sites for hydroxylation is 1. The van der Waals surface area contributed by atoms with E-state index in [1.54, 1.807) is 45.2 Å². The van der Waals surface area contributed by atoms with Crippen molar-refractivity contribution in [2.45, 2.75) is 70.4 Å². The number of carbonyl (C=O) groups excluding carboxylic acids is 2. The van der Waals surface area contributed by atoms with Gasteiger partial charge in [-0.25, -0.2) is 0 Å². The Morgan fingerprint density at radius 2 is 1.84 bits per heavy atom. The monoisotopic (exact) mass is 623 g/mol. The van der Waals surface area contributed by atoms with E-state index in [0.29, 0.717) is 54.3 Å². The Labute approximate surface area is 264 Å². The van der Waals surface area contributed by atoms with Crippen LogP contribution in [0.1, 0.15) is 69.0 Å². The number of thioether (sulfide) groups is 1. The molecule has 0 radical (unpaired) electrons. The quantitative estimate of drug-likeness (QED) is 0.254. The molecule has 0 spiro atoms. The average molecular weight is 624 g/mol. The first-order valence-electron chi connectivity index (χ1n) is 15.3. The molecule has 0 saturated heterocycles. The smallest absolute Gasteiger partial charge is 0.242 e. The van der Waals surface area contributed by atoms with E-state index < -0.39 is 12.1 Å². The van der Waals surface area contributed by atoms with Gasteiger partial charge in [-0.1, -0.05) is 17.7 Å². The molecule has 44 heavy (non-hydrogen) atoms. The van der Waals surface area contributed by atoms with Gasteiger partial charge in [0.2, 0.25) is 23.0 Å². The summed E-state index contributed by atoms with van der Waals surface area (Å²) < 4.78 is 17.2. The Bertz CT molecular complexity index is 1440. The molecule has 238 valence electrons. The maximum Gasteiger partial charge on any atom is 0.242 e. The molecular formula is C34H45N3O6S. The first-order chi connectivity index (χ1) is 21.3. The highest BCUT2D eigenvalue weighted by molar-refractivity contribution is 7.98. The number of nitrogens with one attached hydrogen (secondary N) is 3. The van der Waals surface area contributed by atoms with Crippen LogP contribution in [0.2, 0.25) is 0 Å². The number of ether oxygens (including phenoxy) is 3. The standard InChI is InChI=1S/C34H45N3O6S/c1-21(38)36-26-13-11-23-19-30(41-2)32(42-3)33(43-4)31(23)24-12-14-27(29(39)20-25(24)26)37-28(16-18-44-5)34(40)35-17-15-22-9-7-6-8-10-22/h9,12,14,19-20,26,28H,6-8,10-11,13,15-18H2,1-5H3,(H,35,40)(H,36,38)(H,37,39). The van der Waals surface area contributed by atoms with Gasteiger partial charge in [-0.15, -0.1) is 0 Å². The summed E-state index contributed by atoms with van der Waals surface area (Å²) in [4.78, 5) is 39.4. The van der Waals surface area contributed by atoms with Crippen molar-refractivity contribution in [2.75, 3.05) is 45.2 Å². The summed E-state index contributed by atoms with van der Waals surface area (Å²) in [7, 11) is 4.70. The lowest BCUT2D eigenvalue weighted by atomic mass is 9.95. The van der Waals surface area contributed by atoms with E-state index in [1.807, 2.05) is 18.4 Å². The van der Waals surface area contributed by atoms with Crippen LogP contribution in [0.5, 0.6) is 17.2 Å². The minimum Gasteiger partial charge on any atom is -0.493 e. The minimum atomic E-state index is -0.574. The van der Waals surface area contributed by atoms with Gasteiger partial charge < -0.3 is 30.2 Å². The van der Waals surface area contributed by atoms with E-state index in [2.05, 4.69) is 22.0 Å². The van der Waals surface area contributed by atoms with Crippen molar-refractivity contribution in [3.8, 4) is 28.4 Å². The number of benzene rings is 1. The highest BCUT2D eigenvalue weighted by atomic mass is 32.2. The summed E-state index contributed by atoms with van der Waals surface area (Å²) in [5, 5.41) is 9.38. The molecule has 0 heterocycles. The van der Waals surface area contributed by atoms with Crippen LogP contribution in [0, 0.1) is 0 Å². The molecular weight excluding hydrogens is 578 g/mol. The molecule has 2 atom stereocenters. The number of rotatable bonds is 13. The second-order valence-electron chi connectivity index (χ2n) is 11.2. The molecule has 0 saturated carbocycles. The van der Waals surface area contributed by atoms with Gasteiger partial charge in [0.15, 0.2) is 11.5 Å². The molecule has 10 heteroatoms. The number of hydrogen-bond donors (Lipinski definition) is 3. The molecule has 0 bridgehead atoms. The number of methoxy groups -OCH3 is 3. The van der Waals surface area contributed by atoms with E-state index in [0.717, 1.165) is 41.7 Å². The normalized spacial score (nSPS) is 16.3. The van der Waals surface area contributed by atoms with Gasteiger partial charge in [-0.2, -0.15) is 11.8 Å². The summed E-state index contributed by atoms with van der Waals surface area (Å²) in [6.07, 6.45) is 11.5. The predicted molar refractivity (Wildman–Crippen MR) is 177 cm³/mol. The van der Waals surface area contributed by atoms with Crippen LogP contribution in [0.3, 0.4) is 0 Å². The van der Waals surface area contributed by atoms with E-state index in [-0.39, 0.29) is 17.2 Å². The molecule has 0 fully saturated rings.